The third-order valence-electron chi connectivity index (χ3n) is 5.06. The van der Waals surface area contributed by atoms with Gasteiger partial charge in [0.05, 0.1) is 19.3 Å². The van der Waals surface area contributed by atoms with Crippen molar-refractivity contribution in [3.63, 3.8) is 0 Å². The predicted octanol–water partition coefficient (Wildman–Crippen LogP) is 7.86. The van der Waals surface area contributed by atoms with Gasteiger partial charge in [-0.1, -0.05) is 110 Å². The second-order valence-corrected chi connectivity index (χ2v) is 7.64. The van der Waals surface area contributed by atoms with Crippen LogP contribution in [0.1, 0.15) is 117 Å². The first-order chi connectivity index (χ1) is 12.8. The van der Waals surface area contributed by atoms with Gasteiger partial charge in [0.1, 0.15) is 0 Å². The molecular weight excluding hydrogens is 320 g/mol. The van der Waals surface area contributed by atoms with Gasteiger partial charge in [-0.2, -0.15) is 0 Å². The highest BCUT2D eigenvalue weighted by Gasteiger charge is 2.04. The van der Waals surface area contributed by atoms with Crippen molar-refractivity contribution >= 4 is 0 Å². The minimum absolute atomic E-state index is 0.206. The highest BCUT2D eigenvalue weighted by molar-refractivity contribution is 4.79. The van der Waals surface area contributed by atoms with Crippen LogP contribution in [-0.2, 0) is 9.47 Å². The second kappa shape index (κ2) is 22.7. The molecule has 0 aliphatic carbocycles. The van der Waals surface area contributed by atoms with E-state index in [-0.39, 0.29) is 6.10 Å². The Hall–Kier alpha value is -0.340. The number of ether oxygens (including phenoxy) is 2. The van der Waals surface area contributed by atoms with E-state index in [4.69, 9.17) is 9.47 Å². The van der Waals surface area contributed by atoms with Crippen LogP contribution < -0.4 is 0 Å². The van der Waals surface area contributed by atoms with Gasteiger partial charge in [0.25, 0.3) is 0 Å². The fourth-order valence-corrected chi connectivity index (χ4v) is 3.27. The lowest BCUT2D eigenvalue weighted by atomic mass is 10.1. The van der Waals surface area contributed by atoms with Crippen LogP contribution in [0.4, 0.5) is 0 Å². The number of unbranched alkanes of at least 4 members (excludes halogenated alkanes) is 13. The molecule has 1 unspecified atom stereocenters. The van der Waals surface area contributed by atoms with Gasteiger partial charge in [-0.15, -0.1) is 6.58 Å². The summed E-state index contributed by atoms with van der Waals surface area (Å²) in [5.74, 6) is 0. The van der Waals surface area contributed by atoms with E-state index in [1.807, 2.05) is 6.08 Å². The quantitative estimate of drug-likeness (QED) is 0.143. The van der Waals surface area contributed by atoms with Crippen LogP contribution >= 0.6 is 0 Å². The van der Waals surface area contributed by atoms with Crippen LogP contribution in [0.15, 0.2) is 12.7 Å². The normalized spacial score (nSPS) is 12.4. The van der Waals surface area contributed by atoms with Crippen LogP contribution in [0, 0.1) is 0 Å². The van der Waals surface area contributed by atoms with Crippen molar-refractivity contribution in [3.8, 4) is 0 Å². The number of hydrogen-bond acceptors (Lipinski definition) is 2. The van der Waals surface area contributed by atoms with E-state index in [1.165, 1.54) is 96.3 Å². The molecule has 2 heteroatoms. The van der Waals surface area contributed by atoms with E-state index >= 15 is 0 Å². The lowest BCUT2D eigenvalue weighted by Gasteiger charge is -2.14. The van der Waals surface area contributed by atoms with E-state index in [0.717, 1.165) is 19.6 Å². The molecule has 0 radical (unpaired) electrons. The summed E-state index contributed by atoms with van der Waals surface area (Å²) in [5, 5.41) is 0. The van der Waals surface area contributed by atoms with E-state index in [9.17, 15) is 0 Å². The van der Waals surface area contributed by atoms with E-state index in [2.05, 4.69) is 20.4 Å². The summed E-state index contributed by atoms with van der Waals surface area (Å²) in [4.78, 5) is 0. The van der Waals surface area contributed by atoms with Gasteiger partial charge in [0, 0.05) is 6.61 Å². The average Bonchev–Trinajstić information content (AvgIpc) is 2.66. The Morgan fingerprint density at radius 2 is 1.12 bits per heavy atom. The Balaban J connectivity index is 3.27. The number of hydrogen-bond donors (Lipinski definition) is 0. The molecule has 156 valence electrons. The topological polar surface area (TPSA) is 18.5 Å². The SMILES string of the molecule is C=CC(CCCCCCCCC)OCCOCCCCCCCCCC. The highest BCUT2D eigenvalue weighted by Crippen LogP contribution is 2.12. The molecule has 0 N–H and O–H groups in total. The van der Waals surface area contributed by atoms with Gasteiger partial charge in [0.2, 0.25) is 0 Å². The Bertz CT molecular complexity index is 265. The third kappa shape index (κ3) is 20.0. The average molecular weight is 369 g/mol. The summed E-state index contributed by atoms with van der Waals surface area (Å²) in [5.41, 5.74) is 0. The van der Waals surface area contributed by atoms with Gasteiger partial charge in [0.15, 0.2) is 0 Å². The van der Waals surface area contributed by atoms with Gasteiger partial charge < -0.3 is 9.47 Å². The molecule has 0 heterocycles. The molecule has 0 aromatic rings. The molecule has 0 aromatic carbocycles. The van der Waals surface area contributed by atoms with Gasteiger partial charge in [-0.05, 0) is 12.8 Å². The van der Waals surface area contributed by atoms with E-state index in [0.29, 0.717) is 6.61 Å². The van der Waals surface area contributed by atoms with Crippen LogP contribution in [0.2, 0.25) is 0 Å². The van der Waals surface area contributed by atoms with Crippen molar-refractivity contribution in [2.45, 2.75) is 123 Å². The zero-order valence-electron chi connectivity index (χ0n) is 18.1. The molecule has 0 saturated heterocycles. The summed E-state index contributed by atoms with van der Waals surface area (Å²) >= 11 is 0. The van der Waals surface area contributed by atoms with Crippen LogP contribution in [0.25, 0.3) is 0 Å². The van der Waals surface area contributed by atoms with Crippen LogP contribution in [0.5, 0.6) is 0 Å². The molecule has 0 bridgehead atoms. The number of rotatable bonds is 22. The van der Waals surface area contributed by atoms with Crippen molar-refractivity contribution < 1.29 is 9.47 Å². The maximum atomic E-state index is 5.88. The van der Waals surface area contributed by atoms with E-state index < -0.39 is 0 Å². The largest absolute Gasteiger partial charge is 0.379 e. The molecule has 0 aromatic heterocycles. The Labute approximate surface area is 165 Å². The minimum Gasteiger partial charge on any atom is -0.379 e. The standard InChI is InChI=1S/C24H48O2/c1-4-7-9-11-13-15-17-19-21-25-22-23-26-24(6-3)20-18-16-14-12-10-8-5-2/h6,24H,3-5,7-23H2,1-2H3. The van der Waals surface area contributed by atoms with Crippen LogP contribution in [-0.4, -0.2) is 25.9 Å². The maximum Gasteiger partial charge on any atom is 0.0754 e. The molecule has 0 aliphatic heterocycles. The molecule has 0 aliphatic rings. The lowest BCUT2D eigenvalue weighted by molar-refractivity contribution is 0.0188. The molecule has 0 spiro atoms. The summed E-state index contributed by atoms with van der Waals surface area (Å²) in [6.45, 7) is 10.8. The molecule has 0 amide bonds. The highest BCUT2D eigenvalue weighted by atomic mass is 16.5. The zero-order chi connectivity index (χ0) is 19.1. The van der Waals surface area contributed by atoms with Gasteiger partial charge in [-0.25, -0.2) is 0 Å². The Morgan fingerprint density at radius 3 is 1.65 bits per heavy atom. The fraction of sp³-hybridized carbons (Fsp3) is 0.917. The molecule has 26 heavy (non-hydrogen) atoms. The monoisotopic (exact) mass is 368 g/mol. The van der Waals surface area contributed by atoms with Gasteiger partial charge in [-0.3, -0.25) is 0 Å². The van der Waals surface area contributed by atoms with Crippen LogP contribution in [0.3, 0.4) is 0 Å². The van der Waals surface area contributed by atoms with Crippen molar-refractivity contribution in [2.75, 3.05) is 19.8 Å². The molecule has 0 saturated carbocycles. The summed E-state index contributed by atoms with van der Waals surface area (Å²) in [7, 11) is 0. The Kier molecular flexibility index (Phi) is 22.4. The molecule has 1 atom stereocenters. The van der Waals surface area contributed by atoms with Gasteiger partial charge >= 0.3 is 0 Å². The lowest BCUT2D eigenvalue weighted by Crippen LogP contribution is -2.14. The smallest absolute Gasteiger partial charge is 0.0754 e. The first-order valence-electron chi connectivity index (χ1n) is 11.7. The predicted molar refractivity (Wildman–Crippen MR) is 116 cm³/mol. The minimum atomic E-state index is 0.206. The van der Waals surface area contributed by atoms with Crippen molar-refractivity contribution in [1.82, 2.24) is 0 Å². The summed E-state index contributed by atoms with van der Waals surface area (Å²) in [6, 6.07) is 0. The molecule has 0 fully saturated rings. The maximum absolute atomic E-state index is 5.88. The first kappa shape index (κ1) is 25.7. The summed E-state index contributed by atoms with van der Waals surface area (Å²) < 4.78 is 11.6. The van der Waals surface area contributed by atoms with E-state index in [1.54, 1.807) is 0 Å². The molecular formula is C24H48O2. The fourth-order valence-electron chi connectivity index (χ4n) is 3.27. The zero-order valence-corrected chi connectivity index (χ0v) is 18.1. The second-order valence-electron chi connectivity index (χ2n) is 7.64. The Morgan fingerprint density at radius 1 is 0.615 bits per heavy atom. The summed E-state index contributed by atoms with van der Waals surface area (Å²) in [6.07, 6.45) is 23.5. The third-order valence-corrected chi connectivity index (χ3v) is 5.06. The first-order valence-corrected chi connectivity index (χ1v) is 11.7. The van der Waals surface area contributed by atoms with Crippen molar-refractivity contribution in [3.05, 3.63) is 12.7 Å². The van der Waals surface area contributed by atoms with Crippen molar-refractivity contribution in [1.29, 1.82) is 0 Å². The molecule has 0 rings (SSSR count). The van der Waals surface area contributed by atoms with Crippen molar-refractivity contribution in [2.24, 2.45) is 0 Å². The molecule has 2 nitrogen and oxygen atoms in total.